The number of sulfonamides is 1. The minimum atomic E-state index is -3.82. The monoisotopic (exact) mass is 358 g/mol. The number of amidine groups is 1. The smallest absolute Gasteiger partial charge is 0.285 e. The lowest BCUT2D eigenvalue weighted by Gasteiger charge is -2.09. The molecule has 0 amide bonds. The Morgan fingerprint density at radius 3 is 2.28 bits per heavy atom. The fourth-order valence-electron chi connectivity index (χ4n) is 2.73. The van der Waals surface area contributed by atoms with E-state index in [9.17, 15) is 12.8 Å². The zero-order valence-electron chi connectivity index (χ0n) is 14.2. The van der Waals surface area contributed by atoms with Gasteiger partial charge < -0.3 is 5.32 Å². The lowest BCUT2D eigenvalue weighted by Crippen LogP contribution is -2.12. The third-order valence-electron chi connectivity index (χ3n) is 4.13. The molecule has 25 heavy (non-hydrogen) atoms. The van der Waals surface area contributed by atoms with E-state index in [0.717, 1.165) is 5.56 Å². The molecule has 0 aliphatic carbocycles. The second-order valence-electron chi connectivity index (χ2n) is 6.25. The standard InChI is InChI=1S/C19H19FN2O2S/c1-12(2)14-8-10-15(11-9-14)18-13(3)19(22-25(18,23)24)21-17-7-5-4-6-16(17)20/h4-12H,1-3H3,(H,21,22). The van der Waals surface area contributed by atoms with Crippen LogP contribution in [0.15, 0.2) is 58.5 Å². The average molecular weight is 358 g/mol. The minimum absolute atomic E-state index is 0.146. The first-order chi connectivity index (χ1) is 11.8. The highest BCUT2D eigenvalue weighted by molar-refractivity contribution is 8.00. The fourth-order valence-corrected chi connectivity index (χ4v) is 4.16. The molecule has 0 atom stereocenters. The summed E-state index contributed by atoms with van der Waals surface area (Å²) in [5.41, 5.74) is 2.37. The van der Waals surface area contributed by atoms with E-state index in [1.807, 2.05) is 12.1 Å². The van der Waals surface area contributed by atoms with Gasteiger partial charge in [-0.15, -0.1) is 4.40 Å². The Hall–Kier alpha value is -2.47. The Bertz CT molecular complexity index is 975. The molecule has 0 bridgehead atoms. The fraction of sp³-hybridized carbons (Fsp3) is 0.211. The molecule has 2 aromatic rings. The molecular weight excluding hydrogens is 339 g/mol. The highest BCUT2D eigenvalue weighted by Crippen LogP contribution is 2.33. The third kappa shape index (κ3) is 3.35. The van der Waals surface area contributed by atoms with Gasteiger partial charge in [0.25, 0.3) is 10.0 Å². The molecule has 0 spiro atoms. The van der Waals surface area contributed by atoms with Crippen molar-refractivity contribution in [3.8, 4) is 0 Å². The van der Waals surface area contributed by atoms with Crippen LogP contribution in [0, 0.1) is 5.82 Å². The van der Waals surface area contributed by atoms with E-state index in [4.69, 9.17) is 0 Å². The zero-order chi connectivity index (χ0) is 18.2. The van der Waals surface area contributed by atoms with Gasteiger partial charge in [0, 0.05) is 5.57 Å². The maximum Gasteiger partial charge on any atom is 0.285 e. The first-order valence-corrected chi connectivity index (χ1v) is 9.41. The normalized spacial score (nSPS) is 16.3. The van der Waals surface area contributed by atoms with Gasteiger partial charge in [0.05, 0.1) is 5.69 Å². The first-order valence-electron chi connectivity index (χ1n) is 7.97. The summed E-state index contributed by atoms with van der Waals surface area (Å²) in [6.45, 7) is 5.82. The van der Waals surface area contributed by atoms with Gasteiger partial charge in [-0.1, -0.05) is 50.2 Å². The number of hydrogen-bond acceptors (Lipinski definition) is 3. The summed E-state index contributed by atoms with van der Waals surface area (Å²) in [6.07, 6.45) is 0. The molecule has 1 N–H and O–H groups in total. The van der Waals surface area contributed by atoms with Crippen molar-refractivity contribution in [2.45, 2.75) is 26.7 Å². The van der Waals surface area contributed by atoms with Crippen molar-refractivity contribution in [3.05, 3.63) is 71.0 Å². The molecule has 3 rings (SSSR count). The molecule has 1 aliphatic rings. The quantitative estimate of drug-likeness (QED) is 0.877. The first kappa shape index (κ1) is 17.4. The molecule has 6 heteroatoms. The number of benzene rings is 2. The number of halogens is 1. The SMILES string of the molecule is CC1=C(c2ccc(C(C)C)cc2)S(=O)(=O)N=C1Nc1ccccc1F. The molecular formula is C19H19FN2O2S. The van der Waals surface area contributed by atoms with Crippen LogP contribution in [0.3, 0.4) is 0 Å². The van der Waals surface area contributed by atoms with Gasteiger partial charge in [-0.25, -0.2) is 4.39 Å². The van der Waals surface area contributed by atoms with Gasteiger partial charge in [-0.3, -0.25) is 0 Å². The number of hydrogen-bond donors (Lipinski definition) is 1. The van der Waals surface area contributed by atoms with Crippen LogP contribution in [0.4, 0.5) is 10.1 Å². The second kappa shape index (κ2) is 6.44. The number of para-hydroxylation sites is 1. The summed E-state index contributed by atoms with van der Waals surface area (Å²) in [7, 11) is -3.82. The Kier molecular flexibility index (Phi) is 4.47. The van der Waals surface area contributed by atoms with Crippen molar-refractivity contribution < 1.29 is 12.8 Å². The molecule has 130 valence electrons. The van der Waals surface area contributed by atoms with E-state index < -0.39 is 15.8 Å². The minimum Gasteiger partial charge on any atom is -0.337 e. The van der Waals surface area contributed by atoms with E-state index in [2.05, 4.69) is 23.6 Å². The van der Waals surface area contributed by atoms with Crippen LogP contribution < -0.4 is 5.32 Å². The maximum absolute atomic E-state index is 13.8. The number of anilines is 1. The van der Waals surface area contributed by atoms with Crippen LogP contribution in [0.1, 0.15) is 37.8 Å². The molecule has 0 fully saturated rings. The highest BCUT2D eigenvalue weighted by atomic mass is 32.2. The van der Waals surface area contributed by atoms with E-state index >= 15 is 0 Å². The van der Waals surface area contributed by atoms with Crippen molar-refractivity contribution in [1.82, 2.24) is 0 Å². The summed E-state index contributed by atoms with van der Waals surface area (Å²) in [5.74, 6) is 0.0389. The topological polar surface area (TPSA) is 58.5 Å². The van der Waals surface area contributed by atoms with Crippen LogP contribution in [0.5, 0.6) is 0 Å². The molecule has 0 unspecified atom stereocenters. The van der Waals surface area contributed by atoms with Crippen molar-refractivity contribution >= 4 is 26.5 Å². The van der Waals surface area contributed by atoms with Gasteiger partial charge in [0.1, 0.15) is 16.6 Å². The van der Waals surface area contributed by atoms with Crippen molar-refractivity contribution in [3.63, 3.8) is 0 Å². The molecule has 1 heterocycles. The van der Waals surface area contributed by atoms with Gasteiger partial charge in [0.2, 0.25) is 0 Å². The van der Waals surface area contributed by atoms with Gasteiger partial charge in [-0.05, 0) is 36.1 Å². The summed E-state index contributed by atoms with van der Waals surface area (Å²) in [5, 5.41) is 2.78. The molecule has 0 saturated heterocycles. The van der Waals surface area contributed by atoms with Crippen molar-refractivity contribution in [2.24, 2.45) is 4.40 Å². The molecule has 4 nitrogen and oxygen atoms in total. The van der Waals surface area contributed by atoms with Crippen LogP contribution in [-0.4, -0.2) is 14.3 Å². The largest absolute Gasteiger partial charge is 0.337 e. The molecule has 0 saturated carbocycles. The number of nitrogens with one attached hydrogen (secondary N) is 1. The third-order valence-corrected chi connectivity index (χ3v) is 5.61. The maximum atomic E-state index is 13.8. The predicted molar refractivity (Wildman–Crippen MR) is 99.5 cm³/mol. The summed E-state index contributed by atoms with van der Waals surface area (Å²) in [6, 6.07) is 13.5. The predicted octanol–water partition coefficient (Wildman–Crippen LogP) is 4.53. The van der Waals surface area contributed by atoms with Gasteiger partial charge >= 0.3 is 0 Å². The number of rotatable bonds is 3. The Morgan fingerprint density at radius 2 is 1.68 bits per heavy atom. The van der Waals surface area contributed by atoms with E-state index in [1.165, 1.54) is 12.1 Å². The van der Waals surface area contributed by atoms with E-state index in [-0.39, 0.29) is 16.4 Å². The highest BCUT2D eigenvalue weighted by Gasteiger charge is 2.31. The summed E-state index contributed by atoms with van der Waals surface area (Å²) in [4.78, 5) is 0.154. The summed E-state index contributed by atoms with van der Waals surface area (Å²) >= 11 is 0. The van der Waals surface area contributed by atoms with E-state index in [0.29, 0.717) is 17.1 Å². The Labute approximate surface area is 147 Å². The lowest BCUT2D eigenvalue weighted by molar-refractivity contribution is 0.608. The second-order valence-corrected chi connectivity index (χ2v) is 7.79. The van der Waals surface area contributed by atoms with Crippen LogP contribution in [0.2, 0.25) is 0 Å². The van der Waals surface area contributed by atoms with Crippen molar-refractivity contribution in [2.75, 3.05) is 5.32 Å². The lowest BCUT2D eigenvalue weighted by atomic mass is 10.0. The van der Waals surface area contributed by atoms with Crippen LogP contribution >= 0.6 is 0 Å². The van der Waals surface area contributed by atoms with Gasteiger partial charge in [-0.2, -0.15) is 8.42 Å². The Balaban J connectivity index is 2.00. The van der Waals surface area contributed by atoms with Gasteiger partial charge in [0.15, 0.2) is 0 Å². The molecule has 0 aromatic heterocycles. The number of nitrogens with zero attached hydrogens (tertiary/aromatic N) is 1. The molecule has 1 aliphatic heterocycles. The molecule has 2 aromatic carbocycles. The van der Waals surface area contributed by atoms with Crippen molar-refractivity contribution in [1.29, 1.82) is 0 Å². The van der Waals surface area contributed by atoms with Crippen LogP contribution in [-0.2, 0) is 10.0 Å². The average Bonchev–Trinajstić information content (AvgIpc) is 2.78. The summed E-state index contributed by atoms with van der Waals surface area (Å²) < 4.78 is 42.6. The Morgan fingerprint density at radius 1 is 1.04 bits per heavy atom. The zero-order valence-corrected chi connectivity index (χ0v) is 15.1. The van der Waals surface area contributed by atoms with Crippen LogP contribution in [0.25, 0.3) is 4.91 Å². The molecule has 0 radical (unpaired) electrons. The van der Waals surface area contributed by atoms with E-state index in [1.54, 1.807) is 31.2 Å².